The fourth-order valence-corrected chi connectivity index (χ4v) is 3.84. The van der Waals surface area contributed by atoms with Gasteiger partial charge in [-0.25, -0.2) is 4.79 Å². The first-order valence-electron chi connectivity index (χ1n) is 11.3. The molecule has 3 amide bonds. The van der Waals surface area contributed by atoms with Crippen LogP contribution in [0.4, 0.5) is 5.69 Å². The van der Waals surface area contributed by atoms with Gasteiger partial charge >= 0.3 is 5.97 Å². The number of carbonyl (C=O) groups excluding carboxylic acids is 4. The zero-order valence-electron chi connectivity index (χ0n) is 19.6. The van der Waals surface area contributed by atoms with Gasteiger partial charge in [-0.2, -0.15) is 0 Å². The molecule has 1 heterocycles. The molecule has 4 rings (SSSR count). The van der Waals surface area contributed by atoms with Crippen molar-refractivity contribution in [2.45, 2.75) is 13.0 Å². The van der Waals surface area contributed by atoms with E-state index in [1.165, 1.54) is 24.3 Å². The smallest absolute Gasteiger partial charge is 0.339 e. The highest BCUT2D eigenvalue weighted by Gasteiger charge is 2.36. The molecular weight excluding hydrogens is 460 g/mol. The summed E-state index contributed by atoms with van der Waals surface area (Å²) in [6.07, 6.45) is 0.167. The monoisotopic (exact) mass is 484 g/mol. The molecule has 1 atom stereocenters. The molecule has 8 nitrogen and oxygen atoms in total. The van der Waals surface area contributed by atoms with Gasteiger partial charge in [0.15, 0.2) is 0 Å². The van der Waals surface area contributed by atoms with E-state index >= 15 is 0 Å². The Morgan fingerprint density at radius 3 is 2.39 bits per heavy atom. The lowest BCUT2D eigenvalue weighted by atomic mass is 10.1. The second-order valence-electron chi connectivity index (χ2n) is 7.88. The Morgan fingerprint density at radius 2 is 1.67 bits per heavy atom. The van der Waals surface area contributed by atoms with Crippen molar-refractivity contribution < 1.29 is 28.7 Å². The molecule has 0 bridgehead atoms. The van der Waals surface area contributed by atoms with E-state index in [2.05, 4.69) is 11.9 Å². The number of rotatable bonds is 9. The van der Waals surface area contributed by atoms with Crippen molar-refractivity contribution in [1.82, 2.24) is 4.90 Å². The van der Waals surface area contributed by atoms with Gasteiger partial charge in [-0.05, 0) is 37.3 Å². The minimum absolute atomic E-state index is 0.0406. The van der Waals surface area contributed by atoms with Crippen molar-refractivity contribution in [1.29, 1.82) is 0 Å². The molecule has 1 aliphatic heterocycles. The first kappa shape index (κ1) is 24.4. The lowest BCUT2D eigenvalue weighted by Gasteiger charge is -2.19. The van der Waals surface area contributed by atoms with Crippen LogP contribution in [0.2, 0.25) is 0 Å². The highest BCUT2D eigenvalue weighted by atomic mass is 16.5. The summed E-state index contributed by atoms with van der Waals surface area (Å²) in [5.74, 6) is -1.88. The number of benzene rings is 3. The molecule has 0 saturated heterocycles. The molecule has 3 aromatic rings. The van der Waals surface area contributed by atoms with Gasteiger partial charge in [0.05, 0.1) is 29.0 Å². The molecule has 0 aliphatic carbocycles. The van der Waals surface area contributed by atoms with Crippen LogP contribution in [0.15, 0.2) is 85.5 Å². The van der Waals surface area contributed by atoms with Crippen LogP contribution in [0.3, 0.4) is 0 Å². The van der Waals surface area contributed by atoms with Gasteiger partial charge in [-0.3, -0.25) is 19.3 Å². The molecule has 0 radical (unpaired) electrons. The molecule has 36 heavy (non-hydrogen) atoms. The summed E-state index contributed by atoms with van der Waals surface area (Å²) >= 11 is 0. The topological polar surface area (TPSA) is 102 Å². The van der Waals surface area contributed by atoms with Gasteiger partial charge in [0, 0.05) is 12.1 Å². The predicted octanol–water partition coefficient (Wildman–Crippen LogP) is 4.40. The van der Waals surface area contributed by atoms with E-state index in [0.29, 0.717) is 23.6 Å². The minimum Gasteiger partial charge on any atom is -0.492 e. The molecule has 0 aromatic heterocycles. The molecule has 1 aliphatic rings. The largest absolute Gasteiger partial charge is 0.492 e. The number of anilines is 1. The Labute approximate surface area is 208 Å². The maximum absolute atomic E-state index is 13.3. The van der Waals surface area contributed by atoms with Gasteiger partial charge in [0.25, 0.3) is 17.7 Å². The average Bonchev–Trinajstić information content (AvgIpc) is 3.13. The van der Waals surface area contributed by atoms with Crippen LogP contribution in [0.1, 0.15) is 49.7 Å². The number of fused-ring (bicyclic) bond motifs is 1. The van der Waals surface area contributed by atoms with Crippen LogP contribution in [0.25, 0.3) is 0 Å². The average molecular weight is 485 g/mol. The number of carbonyl (C=O) groups is 4. The van der Waals surface area contributed by atoms with E-state index in [4.69, 9.17) is 9.47 Å². The summed E-state index contributed by atoms with van der Waals surface area (Å²) in [5, 5.41) is 2.77. The minimum atomic E-state index is -1.28. The van der Waals surface area contributed by atoms with Gasteiger partial charge < -0.3 is 14.8 Å². The summed E-state index contributed by atoms with van der Waals surface area (Å²) in [6, 6.07) is 19.6. The van der Waals surface area contributed by atoms with Crippen molar-refractivity contribution >= 4 is 29.4 Å². The Kier molecular flexibility index (Phi) is 7.25. The van der Waals surface area contributed by atoms with E-state index < -0.39 is 29.8 Å². The zero-order valence-corrected chi connectivity index (χ0v) is 19.6. The normalized spacial score (nSPS) is 13.1. The van der Waals surface area contributed by atoms with E-state index in [0.717, 1.165) is 4.90 Å². The number of nitrogens with one attached hydrogen (secondary N) is 1. The lowest BCUT2D eigenvalue weighted by Crippen LogP contribution is -2.29. The van der Waals surface area contributed by atoms with Crippen LogP contribution < -0.4 is 10.1 Å². The van der Waals surface area contributed by atoms with Gasteiger partial charge in [0.2, 0.25) is 6.10 Å². The molecule has 0 spiro atoms. The summed E-state index contributed by atoms with van der Waals surface area (Å²) < 4.78 is 11.2. The van der Waals surface area contributed by atoms with E-state index in [1.54, 1.807) is 54.6 Å². The second kappa shape index (κ2) is 10.7. The third-order valence-electron chi connectivity index (χ3n) is 5.53. The molecule has 1 unspecified atom stereocenters. The van der Waals surface area contributed by atoms with Crippen molar-refractivity contribution in [2.75, 3.05) is 18.5 Å². The van der Waals surface area contributed by atoms with Crippen molar-refractivity contribution in [3.05, 3.63) is 108 Å². The van der Waals surface area contributed by atoms with Gasteiger partial charge in [-0.15, -0.1) is 6.58 Å². The van der Waals surface area contributed by atoms with Gasteiger partial charge in [-0.1, -0.05) is 48.5 Å². The highest BCUT2D eigenvalue weighted by molar-refractivity contribution is 6.22. The number of amides is 3. The third-order valence-corrected chi connectivity index (χ3v) is 5.53. The Hall–Kier alpha value is -4.72. The van der Waals surface area contributed by atoms with E-state index in [-0.39, 0.29) is 23.2 Å². The van der Waals surface area contributed by atoms with Crippen molar-refractivity contribution in [3.63, 3.8) is 0 Å². The summed E-state index contributed by atoms with van der Waals surface area (Å²) in [7, 11) is 0. The number of para-hydroxylation sites is 2. The van der Waals surface area contributed by atoms with Crippen molar-refractivity contribution in [3.8, 4) is 5.75 Å². The fourth-order valence-electron chi connectivity index (χ4n) is 3.84. The third kappa shape index (κ3) is 4.88. The predicted molar refractivity (Wildman–Crippen MR) is 133 cm³/mol. The molecule has 182 valence electrons. The number of ether oxygens (including phenoxy) is 2. The Bertz CT molecular complexity index is 1330. The Balaban J connectivity index is 1.60. The lowest BCUT2D eigenvalue weighted by molar-refractivity contribution is -0.125. The highest BCUT2D eigenvalue weighted by Crippen LogP contribution is 2.28. The number of nitrogens with zero attached hydrogens (tertiary/aromatic N) is 1. The van der Waals surface area contributed by atoms with Crippen LogP contribution in [0, 0.1) is 0 Å². The second-order valence-corrected chi connectivity index (χ2v) is 7.88. The first-order chi connectivity index (χ1) is 17.4. The maximum Gasteiger partial charge on any atom is 0.339 e. The number of imide groups is 1. The van der Waals surface area contributed by atoms with E-state index in [9.17, 15) is 19.2 Å². The maximum atomic E-state index is 13.3. The first-order valence-corrected chi connectivity index (χ1v) is 11.3. The SMILES string of the molecule is C=CCN1C(=O)c2ccc(C(=O)OC(C(=O)Nc3ccccc3OCC)c3ccccc3)cc2C1=O. The van der Waals surface area contributed by atoms with Crippen LogP contribution >= 0.6 is 0 Å². The summed E-state index contributed by atoms with van der Waals surface area (Å²) in [4.78, 5) is 52.5. The molecule has 8 heteroatoms. The zero-order chi connectivity index (χ0) is 25.7. The Morgan fingerprint density at radius 1 is 0.972 bits per heavy atom. The number of hydrogen-bond donors (Lipinski definition) is 1. The number of esters is 1. The van der Waals surface area contributed by atoms with Crippen LogP contribution in [-0.2, 0) is 9.53 Å². The summed E-state index contributed by atoms with van der Waals surface area (Å²) in [6.45, 7) is 5.86. The molecular formula is C28H24N2O6. The fraction of sp³-hybridized carbons (Fsp3) is 0.143. The standard InChI is InChI=1S/C28H24N2O6/c1-3-16-30-26(32)20-15-14-19(17-21(20)27(30)33)28(34)36-24(18-10-6-5-7-11-18)25(31)29-22-12-8-9-13-23(22)35-4-2/h3,5-15,17,24H,1,4,16H2,2H3,(H,29,31). The van der Waals surface area contributed by atoms with Crippen molar-refractivity contribution in [2.24, 2.45) is 0 Å². The molecule has 1 N–H and O–H groups in total. The molecule has 0 saturated carbocycles. The quantitative estimate of drug-likeness (QED) is 0.274. The number of hydrogen-bond acceptors (Lipinski definition) is 6. The van der Waals surface area contributed by atoms with E-state index in [1.807, 2.05) is 6.92 Å². The summed E-state index contributed by atoms with van der Waals surface area (Å²) in [5.41, 5.74) is 1.23. The molecule has 3 aromatic carbocycles. The molecule has 0 fully saturated rings. The van der Waals surface area contributed by atoms with Crippen LogP contribution in [-0.4, -0.2) is 41.7 Å². The van der Waals surface area contributed by atoms with Gasteiger partial charge in [0.1, 0.15) is 5.75 Å². The van der Waals surface area contributed by atoms with Crippen LogP contribution in [0.5, 0.6) is 5.75 Å².